The molecule has 50 heavy (non-hydrogen) atoms. The first-order valence-electron chi connectivity index (χ1n) is 15.8. The SMILES string of the molecule is COC(=O)c1cc(Cl)ccc1Cc1ccc2[nH]ccc2c1.COC(=O)c1cc(Cl)ccc1Cc1ccc2c(ccn2Cc2cccc(Br)c2)c1. The molecule has 9 heteroatoms. The topological polar surface area (TPSA) is 73.3 Å². The van der Waals surface area contributed by atoms with Crippen molar-refractivity contribution in [1.29, 1.82) is 0 Å². The van der Waals surface area contributed by atoms with Gasteiger partial charge >= 0.3 is 11.9 Å². The summed E-state index contributed by atoms with van der Waals surface area (Å²) in [5.41, 5.74) is 8.60. The molecule has 0 aliphatic heterocycles. The number of methoxy groups -OCH3 is 2. The fourth-order valence-electron chi connectivity index (χ4n) is 5.99. The number of hydrogen-bond donors (Lipinski definition) is 1. The Kier molecular flexibility index (Phi) is 11.1. The van der Waals surface area contributed by atoms with Gasteiger partial charge in [-0.05, 0) is 124 Å². The number of aromatic nitrogens is 2. The van der Waals surface area contributed by atoms with Crippen LogP contribution in [0, 0.1) is 0 Å². The van der Waals surface area contributed by atoms with Gasteiger partial charge in [0.25, 0.3) is 0 Å². The molecule has 2 heterocycles. The van der Waals surface area contributed by atoms with Gasteiger partial charge < -0.3 is 19.0 Å². The summed E-state index contributed by atoms with van der Waals surface area (Å²) < 4.78 is 13.0. The van der Waals surface area contributed by atoms with Crippen LogP contribution in [0.1, 0.15) is 48.5 Å². The number of halogens is 3. The average Bonchev–Trinajstić information content (AvgIpc) is 3.76. The third kappa shape index (κ3) is 8.30. The number of fused-ring (bicyclic) bond motifs is 2. The Balaban J connectivity index is 0.000000182. The fraction of sp³-hybridized carbons (Fsp3) is 0.122. The molecular formula is C41H33BrCl2N2O4. The van der Waals surface area contributed by atoms with Crippen molar-refractivity contribution in [2.24, 2.45) is 0 Å². The highest BCUT2D eigenvalue weighted by Gasteiger charge is 2.15. The Morgan fingerprint density at radius 1 is 0.680 bits per heavy atom. The van der Waals surface area contributed by atoms with Gasteiger partial charge in [-0.3, -0.25) is 0 Å². The summed E-state index contributed by atoms with van der Waals surface area (Å²) in [6.45, 7) is 0.811. The summed E-state index contributed by atoms with van der Waals surface area (Å²) in [5, 5.41) is 3.38. The monoisotopic (exact) mass is 766 g/mol. The number of esters is 2. The van der Waals surface area contributed by atoms with Crippen molar-refractivity contribution in [3.63, 3.8) is 0 Å². The van der Waals surface area contributed by atoms with Gasteiger partial charge in [-0.2, -0.15) is 0 Å². The minimum Gasteiger partial charge on any atom is -0.465 e. The zero-order valence-electron chi connectivity index (χ0n) is 27.4. The molecule has 0 amide bonds. The van der Waals surface area contributed by atoms with E-state index < -0.39 is 0 Å². The molecule has 0 spiro atoms. The van der Waals surface area contributed by atoms with Crippen LogP contribution >= 0.6 is 39.1 Å². The predicted octanol–water partition coefficient (Wildman–Crippen LogP) is 10.7. The van der Waals surface area contributed by atoms with E-state index in [0.29, 0.717) is 34.0 Å². The number of carbonyl (C=O) groups is 2. The van der Waals surface area contributed by atoms with Crippen LogP contribution in [-0.2, 0) is 28.9 Å². The van der Waals surface area contributed by atoms with Crippen LogP contribution in [0.4, 0.5) is 0 Å². The Morgan fingerprint density at radius 2 is 1.30 bits per heavy atom. The number of aromatic amines is 1. The molecule has 0 aliphatic rings. The molecule has 7 rings (SSSR count). The second kappa shape index (κ2) is 15.8. The predicted molar refractivity (Wildman–Crippen MR) is 205 cm³/mol. The minimum absolute atomic E-state index is 0.366. The number of nitrogens with one attached hydrogen (secondary N) is 1. The van der Waals surface area contributed by atoms with Crippen molar-refractivity contribution in [1.82, 2.24) is 9.55 Å². The first-order valence-corrected chi connectivity index (χ1v) is 17.4. The van der Waals surface area contributed by atoms with Crippen molar-refractivity contribution in [2.45, 2.75) is 19.4 Å². The molecule has 1 N–H and O–H groups in total. The van der Waals surface area contributed by atoms with E-state index in [2.05, 4.69) is 80.2 Å². The Labute approximate surface area is 308 Å². The number of rotatable bonds is 8. The van der Waals surface area contributed by atoms with Gasteiger partial charge in [0.15, 0.2) is 0 Å². The zero-order valence-corrected chi connectivity index (χ0v) is 30.5. The second-order valence-corrected chi connectivity index (χ2v) is 13.6. The first-order chi connectivity index (χ1) is 24.2. The third-order valence-electron chi connectivity index (χ3n) is 8.44. The summed E-state index contributed by atoms with van der Waals surface area (Å²) in [5.74, 6) is -0.737. The second-order valence-electron chi connectivity index (χ2n) is 11.8. The molecule has 252 valence electrons. The van der Waals surface area contributed by atoms with E-state index in [0.717, 1.165) is 44.2 Å². The molecule has 0 atom stereocenters. The molecule has 6 nitrogen and oxygen atoms in total. The quantitative estimate of drug-likeness (QED) is 0.156. The van der Waals surface area contributed by atoms with Gasteiger partial charge in [-0.25, -0.2) is 9.59 Å². The zero-order chi connectivity index (χ0) is 35.2. The number of benzene rings is 5. The highest BCUT2D eigenvalue weighted by molar-refractivity contribution is 9.10. The van der Waals surface area contributed by atoms with Gasteiger partial charge in [-0.1, -0.05) is 75.5 Å². The number of carbonyl (C=O) groups excluding carboxylic acids is 2. The molecule has 7 aromatic rings. The molecule has 2 aromatic heterocycles. The number of hydrogen-bond acceptors (Lipinski definition) is 4. The lowest BCUT2D eigenvalue weighted by molar-refractivity contribution is 0.0590. The largest absolute Gasteiger partial charge is 0.465 e. The summed E-state index contributed by atoms with van der Waals surface area (Å²) in [4.78, 5) is 27.1. The molecule has 0 saturated carbocycles. The van der Waals surface area contributed by atoms with Crippen LogP contribution in [0.3, 0.4) is 0 Å². The lowest BCUT2D eigenvalue weighted by Gasteiger charge is -2.10. The van der Waals surface area contributed by atoms with Gasteiger partial charge in [0, 0.05) is 44.5 Å². The van der Waals surface area contributed by atoms with E-state index in [4.69, 9.17) is 32.7 Å². The number of nitrogens with zero attached hydrogens (tertiary/aromatic N) is 1. The van der Waals surface area contributed by atoms with Gasteiger partial charge in [0.05, 0.1) is 25.3 Å². The summed E-state index contributed by atoms with van der Waals surface area (Å²) in [7, 11) is 2.76. The lowest BCUT2D eigenvalue weighted by Crippen LogP contribution is -2.06. The molecule has 0 bridgehead atoms. The van der Waals surface area contributed by atoms with Gasteiger partial charge in [0.1, 0.15) is 0 Å². The van der Waals surface area contributed by atoms with Crippen molar-refractivity contribution in [3.8, 4) is 0 Å². The Bertz CT molecular complexity index is 2330. The molecule has 0 unspecified atom stereocenters. The maximum absolute atomic E-state index is 12.1. The van der Waals surface area contributed by atoms with Crippen LogP contribution < -0.4 is 0 Å². The third-order valence-corrected chi connectivity index (χ3v) is 9.40. The number of H-pyrrole nitrogens is 1. The van der Waals surface area contributed by atoms with Crippen LogP contribution in [0.5, 0.6) is 0 Å². The summed E-state index contributed by atoms with van der Waals surface area (Å²) in [6, 6.07) is 35.8. The first kappa shape index (κ1) is 35.0. The molecule has 0 fully saturated rings. The highest BCUT2D eigenvalue weighted by Crippen LogP contribution is 2.25. The van der Waals surface area contributed by atoms with Crippen molar-refractivity contribution < 1.29 is 19.1 Å². The fourth-order valence-corrected chi connectivity index (χ4v) is 6.78. The van der Waals surface area contributed by atoms with E-state index in [9.17, 15) is 9.59 Å². The molecule has 5 aromatic carbocycles. The van der Waals surface area contributed by atoms with Gasteiger partial charge in [0.2, 0.25) is 0 Å². The Hall–Kier alpha value is -4.82. The molecule has 0 aliphatic carbocycles. The highest BCUT2D eigenvalue weighted by atomic mass is 79.9. The van der Waals surface area contributed by atoms with Crippen molar-refractivity contribution in [2.75, 3.05) is 14.2 Å². The standard InChI is InChI=1S/C24H19BrClNO2.C17H14ClNO2/c1-29-24(28)22-14-21(26)7-6-18(22)11-16-5-8-23-19(12-16)9-10-27(23)15-17-3-2-4-20(25)13-17;1-21-17(20)15-10-14(18)4-3-12(15)8-11-2-5-16-13(9-11)6-7-19-16/h2-10,12-14H,11,15H2,1H3;2-7,9-10,19H,8H2,1H3. The smallest absolute Gasteiger partial charge is 0.338 e. The average molecular weight is 769 g/mol. The molecule has 0 radical (unpaired) electrons. The van der Waals surface area contributed by atoms with E-state index in [1.165, 1.54) is 30.7 Å². The number of ether oxygens (including phenoxy) is 2. The van der Waals surface area contributed by atoms with Crippen LogP contribution in [-0.4, -0.2) is 35.7 Å². The van der Waals surface area contributed by atoms with Gasteiger partial charge in [-0.15, -0.1) is 0 Å². The maximum Gasteiger partial charge on any atom is 0.338 e. The maximum atomic E-state index is 12.1. The van der Waals surface area contributed by atoms with E-state index in [-0.39, 0.29) is 11.9 Å². The van der Waals surface area contributed by atoms with Crippen LogP contribution in [0.25, 0.3) is 21.8 Å². The minimum atomic E-state index is -0.372. The van der Waals surface area contributed by atoms with E-state index >= 15 is 0 Å². The summed E-state index contributed by atoms with van der Waals surface area (Å²) >= 11 is 15.6. The lowest BCUT2D eigenvalue weighted by atomic mass is 9.99. The molecule has 0 saturated heterocycles. The van der Waals surface area contributed by atoms with Crippen molar-refractivity contribution >= 4 is 72.9 Å². The molecular weight excluding hydrogens is 735 g/mol. The summed E-state index contributed by atoms with van der Waals surface area (Å²) in [6.07, 6.45) is 5.31. The normalized spacial score (nSPS) is 10.9. The van der Waals surface area contributed by atoms with E-state index in [1.807, 2.05) is 42.6 Å². The van der Waals surface area contributed by atoms with Crippen LogP contribution in [0.15, 0.2) is 126 Å². The van der Waals surface area contributed by atoms with Crippen LogP contribution in [0.2, 0.25) is 10.0 Å². The van der Waals surface area contributed by atoms with Crippen molar-refractivity contribution in [3.05, 3.63) is 175 Å². The Morgan fingerprint density at radius 3 is 1.92 bits per heavy atom. The van der Waals surface area contributed by atoms with E-state index in [1.54, 1.807) is 24.3 Å².